The molecule has 0 atom stereocenters. The number of esters is 1. The lowest BCUT2D eigenvalue weighted by Gasteiger charge is -1.94. The number of methoxy groups -OCH3 is 1. The molecule has 0 fully saturated rings. The molecule has 78 valence electrons. The Morgan fingerprint density at radius 1 is 1.60 bits per heavy atom. The molecule has 0 amide bonds. The number of rotatable bonds is 2. The van der Waals surface area contributed by atoms with Crippen LogP contribution in [0.5, 0.6) is 0 Å². The number of halogens is 1. The summed E-state index contributed by atoms with van der Waals surface area (Å²) in [5, 5.41) is 5.14. The normalized spacial score (nSPS) is 10.5. The van der Waals surface area contributed by atoms with Crippen molar-refractivity contribution in [2.75, 3.05) is 7.11 Å². The van der Waals surface area contributed by atoms with Crippen LogP contribution >= 0.6 is 11.6 Å². The highest BCUT2D eigenvalue weighted by Gasteiger charge is 2.12. The first-order valence-corrected chi connectivity index (χ1v) is 4.69. The molecule has 0 aliphatic rings. The van der Waals surface area contributed by atoms with Crippen molar-refractivity contribution < 1.29 is 14.1 Å². The van der Waals surface area contributed by atoms with Gasteiger partial charge >= 0.3 is 5.97 Å². The van der Waals surface area contributed by atoms with Gasteiger partial charge in [0.15, 0.2) is 5.58 Å². The Morgan fingerprint density at radius 3 is 3.13 bits per heavy atom. The molecular weight excluding hydrogens is 218 g/mol. The smallest absolute Gasteiger partial charge is 0.311 e. The van der Waals surface area contributed by atoms with Crippen LogP contribution in [0.4, 0.5) is 0 Å². The summed E-state index contributed by atoms with van der Waals surface area (Å²) >= 11 is 5.78. The quantitative estimate of drug-likeness (QED) is 0.736. The number of benzene rings is 1. The van der Waals surface area contributed by atoms with Gasteiger partial charge in [-0.2, -0.15) is 0 Å². The van der Waals surface area contributed by atoms with E-state index in [1.165, 1.54) is 7.11 Å². The maximum atomic E-state index is 11.1. The molecule has 1 aromatic heterocycles. The van der Waals surface area contributed by atoms with Crippen molar-refractivity contribution in [1.82, 2.24) is 5.16 Å². The van der Waals surface area contributed by atoms with Crippen molar-refractivity contribution in [2.24, 2.45) is 0 Å². The minimum atomic E-state index is -0.347. The molecule has 2 aromatic rings. The molecule has 5 heteroatoms. The van der Waals surface area contributed by atoms with E-state index in [9.17, 15) is 4.79 Å². The topological polar surface area (TPSA) is 52.3 Å². The van der Waals surface area contributed by atoms with Gasteiger partial charge in [-0.3, -0.25) is 4.79 Å². The second-order valence-corrected chi connectivity index (χ2v) is 3.46. The molecule has 0 saturated carbocycles. The molecule has 0 bridgehead atoms. The lowest BCUT2D eigenvalue weighted by atomic mass is 10.2. The summed E-state index contributed by atoms with van der Waals surface area (Å²) < 4.78 is 9.58. The van der Waals surface area contributed by atoms with Gasteiger partial charge in [0.2, 0.25) is 0 Å². The maximum Gasteiger partial charge on any atom is 0.311 e. The van der Waals surface area contributed by atoms with Gasteiger partial charge in [0.05, 0.1) is 13.5 Å². The van der Waals surface area contributed by atoms with E-state index in [4.69, 9.17) is 16.1 Å². The largest absolute Gasteiger partial charge is 0.469 e. The van der Waals surface area contributed by atoms with Gasteiger partial charge in [-0.25, -0.2) is 0 Å². The van der Waals surface area contributed by atoms with Gasteiger partial charge in [-0.1, -0.05) is 16.8 Å². The van der Waals surface area contributed by atoms with Crippen molar-refractivity contribution in [3.05, 3.63) is 28.9 Å². The van der Waals surface area contributed by atoms with Crippen molar-refractivity contribution in [2.45, 2.75) is 6.42 Å². The standard InChI is InChI=1S/C10H8ClNO3/c1-14-10(13)5-8-7-3-2-6(11)4-9(7)15-12-8/h2-4H,5H2,1H3. The van der Waals surface area contributed by atoms with Crippen LogP contribution in [0.3, 0.4) is 0 Å². The summed E-state index contributed by atoms with van der Waals surface area (Å²) in [7, 11) is 1.33. The van der Waals surface area contributed by atoms with Crippen LogP contribution in [0.15, 0.2) is 22.7 Å². The van der Waals surface area contributed by atoms with E-state index >= 15 is 0 Å². The van der Waals surface area contributed by atoms with Gasteiger partial charge < -0.3 is 9.26 Å². The van der Waals surface area contributed by atoms with Gasteiger partial charge in [0, 0.05) is 16.5 Å². The Labute approximate surface area is 90.8 Å². The molecule has 0 radical (unpaired) electrons. The van der Waals surface area contributed by atoms with Crippen molar-refractivity contribution >= 4 is 28.5 Å². The number of carbonyl (C=O) groups is 1. The van der Waals surface area contributed by atoms with E-state index < -0.39 is 0 Å². The average molecular weight is 226 g/mol. The zero-order valence-corrected chi connectivity index (χ0v) is 8.75. The fourth-order valence-electron chi connectivity index (χ4n) is 1.30. The van der Waals surface area contributed by atoms with Crippen LogP contribution in [-0.2, 0) is 16.0 Å². The third-order valence-corrected chi connectivity index (χ3v) is 2.28. The summed E-state index contributed by atoms with van der Waals surface area (Å²) in [4.78, 5) is 11.1. The minimum absolute atomic E-state index is 0.102. The van der Waals surface area contributed by atoms with Gasteiger partial charge in [0.1, 0.15) is 5.69 Å². The number of nitrogens with zero attached hydrogens (tertiary/aromatic N) is 1. The first-order chi connectivity index (χ1) is 7.20. The van der Waals surface area contributed by atoms with Crippen LogP contribution in [0, 0.1) is 0 Å². The lowest BCUT2D eigenvalue weighted by molar-refractivity contribution is -0.139. The third-order valence-electron chi connectivity index (χ3n) is 2.05. The minimum Gasteiger partial charge on any atom is -0.469 e. The van der Waals surface area contributed by atoms with Gasteiger partial charge in [-0.05, 0) is 12.1 Å². The van der Waals surface area contributed by atoms with E-state index in [0.717, 1.165) is 5.39 Å². The Kier molecular flexibility index (Phi) is 2.60. The van der Waals surface area contributed by atoms with E-state index in [2.05, 4.69) is 9.89 Å². The van der Waals surface area contributed by atoms with Gasteiger partial charge in [-0.15, -0.1) is 0 Å². The number of hydrogen-bond donors (Lipinski definition) is 0. The fraction of sp³-hybridized carbons (Fsp3) is 0.200. The van der Waals surface area contributed by atoms with Crippen LogP contribution in [-0.4, -0.2) is 18.2 Å². The summed E-state index contributed by atoms with van der Waals surface area (Å²) in [5.74, 6) is -0.347. The highest BCUT2D eigenvalue weighted by atomic mass is 35.5. The number of fused-ring (bicyclic) bond motifs is 1. The second-order valence-electron chi connectivity index (χ2n) is 3.02. The highest BCUT2D eigenvalue weighted by Crippen LogP contribution is 2.22. The molecule has 0 saturated heterocycles. The number of carbonyl (C=O) groups excluding carboxylic acids is 1. The first kappa shape index (κ1) is 9.98. The fourth-order valence-corrected chi connectivity index (χ4v) is 1.46. The molecule has 1 aromatic carbocycles. The monoisotopic (exact) mass is 225 g/mol. The third kappa shape index (κ3) is 1.94. The predicted octanol–water partition coefficient (Wildman–Crippen LogP) is 2.20. The molecule has 0 N–H and O–H groups in total. The summed E-state index contributed by atoms with van der Waals surface area (Å²) in [5.41, 5.74) is 1.13. The second kappa shape index (κ2) is 3.90. The summed E-state index contributed by atoms with van der Waals surface area (Å²) in [6.45, 7) is 0. The van der Waals surface area contributed by atoms with Crippen molar-refractivity contribution in [3.8, 4) is 0 Å². The molecular formula is C10H8ClNO3. The Morgan fingerprint density at radius 2 is 2.40 bits per heavy atom. The number of ether oxygens (including phenoxy) is 1. The molecule has 0 aliphatic carbocycles. The number of aromatic nitrogens is 1. The van der Waals surface area contributed by atoms with E-state index in [1.54, 1.807) is 18.2 Å². The molecule has 15 heavy (non-hydrogen) atoms. The van der Waals surface area contributed by atoms with Crippen molar-refractivity contribution in [3.63, 3.8) is 0 Å². The SMILES string of the molecule is COC(=O)Cc1noc2cc(Cl)ccc12. The maximum absolute atomic E-state index is 11.1. The zero-order valence-electron chi connectivity index (χ0n) is 7.99. The summed E-state index contributed by atoms with van der Waals surface area (Å²) in [6.07, 6.45) is 0.102. The molecule has 0 spiro atoms. The summed E-state index contributed by atoms with van der Waals surface area (Å²) in [6, 6.07) is 5.15. The average Bonchev–Trinajstić information content (AvgIpc) is 2.60. The number of hydrogen-bond acceptors (Lipinski definition) is 4. The molecule has 0 aliphatic heterocycles. The molecule has 0 unspecified atom stereocenters. The lowest BCUT2D eigenvalue weighted by Crippen LogP contribution is -2.04. The van der Waals surface area contributed by atoms with Crippen LogP contribution < -0.4 is 0 Å². The predicted molar refractivity (Wildman–Crippen MR) is 54.7 cm³/mol. The molecule has 2 rings (SSSR count). The van der Waals surface area contributed by atoms with E-state index in [0.29, 0.717) is 16.3 Å². The van der Waals surface area contributed by atoms with Crippen LogP contribution in [0.1, 0.15) is 5.69 Å². The van der Waals surface area contributed by atoms with Crippen LogP contribution in [0.25, 0.3) is 11.0 Å². The Hall–Kier alpha value is -1.55. The first-order valence-electron chi connectivity index (χ1n) is 4.31. The van der Waals surface area contributed by atoms with E-state index in [1.807, 2.05) is 0 Å². The van der Waals surface area contributed by atoms with Gasteiger partial charge in [0.25, 0.3) is 0 Å². The Bertz CT molecular complexity index is 506. The zero-order chi connectivity index (χ0) is 10.8. The molecule has 4 nitrogen and oxygen atoms in total. The molecule has 1 heterocycles. The van der Waals surface area contributed by atoms with Crippen molar-refractivity contribution in [1.29, 1.82) is 0 Å². The highest BCUT2D eigenvalue weighted by molar-refractivity contribution is 6.31. The van der Waals surface area contributed by atoms with Crippen LogP contribution in [0.2, 0.25) is 5.02 Å². The Balaban J connectivity index is 2.41. The van der Waals surface area contributed by atoms with E-state index in [-0.39, 0.29) is 12.4 Å².